The molecule has 0 aliphatic heterocycles. The van der Waals surface area contributed by atoms with Gasteiger partial charge >= 0.3 is 0 Å². The number of aromatic nitrogens is 1. The molecule has 0 fully saturated rings. The topological polar surface area (TPSA) is 54.0 Å². The summed E-state index contributed by atoms with van der Waals surface area (Å²) in [5, 5.41) is 5.40. The maximum atomic E-state index is 13.6. The first-order chi connectivity index (χ1) is 12.5. The first-order valence-corrected chi connectivity index (χ1v) is 7.72. The predicted molar refractivity (Wildman–Crippen MR) is 92.3 cm³/mol. The van der Waals surface area contributed by atoms with Crippen molar-refractivity contribution in [3.05, 3.63) is 89.4 Å². The largest absolute Gasteiger partial charge is 0.366 e. The number of benzene rings is 2. The number of halogens is 3. The van der Waals surface area contributed by atoms with E-state index in [-0.39, 0.29) is 17.1 Å². The van der Waals surface area contributed by atoms with E-state index in [9.17, 15) is 18.0 Å². The van der Waals surface area contributed by atoms with Gasteiger partial charge in [0.05, 0.1) is 11.3 Å². The smallest absolute Gasteiger partial charge is 0.257 e. The quantitative estimate of drug-likeness (QED) is 0.713. The number of nitrogens with zero attached hydrogens (tertiary/aromatic N) is 1. The van der Waals surface area contributed by atoms with Crippen molar-refractivity contribution in [2.75, 3.05) is 10.6 Å². The summed E-state index contributed by atoms with van der Waals surface area (Å²) < 4.78 is 39.3. The summed E-state index contributed by atoms with van der Waals surface area (Å²) in [6, 6.07) is 12.1. The number of hydrogen-bond acceptors (Lipinski definition) is 3. The van der Waals surface area contributed by atoms with Gasteiger partial charge in [-0.3, -0.25) is 4.79 Å². The fourth-order valence-electron chi connectivity index (χ4n) is 2.21. The van der Waals surface area contributed by atoms with E-state index < -0.39 is 17.5 Å². The lowest BCUT2D eigenvalue weighted by molar-refractivity contribution is 0.102. The number of carbonyl (C=O) groups is 1. The van der Waals surface area contributed by atoms with Crippen LogP contribution in [0.25, 0.3) is 0 Å². The zero-order valence-corrected chi connectivity index (χ0v) is 13.5. The number of amides is 1. The Morgan fingerprint density at radius 1 is 0.923 bits per heavy atom. The number of nitrogens with one attached hydrogen (secondary N) is 2. The molecule has 0 saturated carbocycles. The Morgan fingerprint density at radius 2 is 1.65 bits per heavy atom. The van der Waals surface area contributed by atoms with Crippen molar-refractivity contribution in [3.8, 4) is 0 Å². The SMILES string of the molecule is O=C(Nc1ccc(F)cc1F)c1ccc(NCc2ccc(F)cc2)nc1. The van der Waals surface area contributed by atoms with Crippen LogP contribution in [-0.4, -0.2) is 10.9 Å². The molecule has 2 N–H and O–H groups in total. The molecule has 0 bridgehead atoms. The van der Waals surface area contributed by atoms with Crippen LogP contribution < -0.4 is 10.6 Å². The summed E-state index contributed by atoms with van der Waals surface area (Å²) >= 11 is 0. The van der Waals surface area contributed by atoms with E-state index in [2.05, 4.69) is 15.6 Å². The molecular formula is C19H14F3N3O. The lowest BCUT2D eigenvalue weighted by Gasteiger charge is -2.08. The molecule has 0 radical (unpaired) electrons. The molecule has 7 heteroatoms. The highest BCUT2D eigenvalue weighted by atomic mass is 19.1. The second-order valence-electron chi connectivity index (χ2n) is 5.49. The maximum Gasteiger partial charge on any atom is 0.257 e. The molecular weight excluding hydrogens is 343 g/mol. The van der Waals surface area contributed by atoms with E-state index >= 15 is 0 Å². The third-order valence-corrected chi connectivity index (χ3v) is 3.59. The van der Waals surface area contributed by atoms with Crippen LogP contribution in [0, 0.1) is 17.5 Å². The number of anilines is 2. The van der Waals surface area contributed by atoms with Crippen LogP contribution in [0.3, 0.4) is 0 Å². The third-order valence-electron chi connectivity index (χ3n) is 3.59. The summed E-state index contributed by atoms with van der Waals surface area (Å²) in [4.78, 5) is 16.2. The van der Waals surface area contributed by atoms with Crippen LogP contribution in [-0.2, 0) is 6.54 Å². The first kappa shape index (κ1) is 17.5. The molecule has 0 aliphatic rings. The number of carbonyl (C=O) groups excluding carboxylic acids is 1. The van der Waals surface area contributed by atoms with Gasteiger partial charge in [-0.1, -0.05) is 12.1 Å². The van der Waals surface area contributed by atoms with Crippen LogP contribution >= 0.6 is 0 Å². The van der Waals surface area contributed by atoms with Gasteiger partial charge in [0.1, 0.15) is 23.3 Å². The van der Waals surface area contributed by atoms with Crippen molar-refractivity contribution in [2.45, 2.75) is 6.54 Å². The second-order valence-corrected chi connectivity index (χ2v) is 5.49. The molecule has 4 nitrogen and oxygen atoms in total. The van der Waals surface area contributed by atoms with Gasteiger partial charge in [0.2, 0.25) is 0 Å². The fourth-order valence-corrected chi connectivity index (χ4v) is 2.21. The van der Waals surface area contributed by atoms with Crippen LogP contribution in [0.4, 0.5) is 24.7 Å². The minimum atomic E-state index is -0.858. The zero-order chi connectivity index (χ0) is 18.5. The fraction of sp³-hybridized carbons (Fsp3) is 0.0526. The molecule has 3 rings (SSSR count). The highest BCUT2D eigenvalue weighted by molar-refractivity contribution is 6.04. The second kappa shape index (κ2) is 7.69. The summed E-state index contributed by atoms with van der Waals surface area (Å²) in [5.41, 5.74) is 0.984. The number of rotatable bonds is 5. The van der Waals surface area contributed by atoms with Gasteiger partial charge in [-0.2, -0.15) is 0 Å². The van der Waals surface area contributed by atoms with Gasteiger partial charge in [0.15, 0.2) is 0 Å². The van der Waals surface area contributed by atoms with Crippen molar-refractivity contribution in [1.82, 2.24) is 4.98 Å². The van der Waals surface area contributed by atoms with Crippen molar-refractivity contribution in [2.24, 2.45) is 0 Å². The standard InChI is InChI=1S/C19H14F3N3O/c20-14-4-1-12(2-5-14)10-23-18-8-3-13(11-24-18)19(26)25-17-7-6-15(21)9-16(17)22/h1-9,11H,10H2,(H,23,24)(H,25,26). The zero-order valence-electron chi connectivity index (χ0n) is 13.5. The maximum absolute atomic E-state index is 13.6. The Balaban J connectivity index is 1.61. The van der Waals surface area contributed by atoms with Gasteiger partial charge in [0, 0.05) is 18.8 Å². The molecule has 26 heavy (non-hydrogen) atoms. The van der Waals surface area contributed by atoms with Gasteiger partial charge < -0.3 is 10.6 Å². The van der Waals surface area contributed by atoms with Crippen LogP contribution in [0.15, 0.2) is 60.8 Å². The van der Waals surface area contributed by atoms with E-state index in [1.165, 1.54) is 24.4 Å². The average Bonchev–Trinajstić information content (AvgIpc) is 2.64. The predicted octanol–water partition coefficient (Wildman–Crippen LogP) is 4.36. The van der Waals surface area contributed by atoms with Crippen molar-refractivity contribution in [3.63, 3.8) is 0 Å². The summed E-state index contributed by atoms with van der Waals surface area (Å²) in [6.45, 7) is 0.444. The normalized spacial score (nSPS) is 10.4. The van der Waals surface area contributed by atoms with Gasteiger partial charge in [-0.15, -0.1) is 0 Å². The summed E-state index contributed by atoms with van der Waals surface area (Å²) in [7, 11) is 0. The van der Waals surface area contributed by atoms with E-state index in [1.807, 2.05) is 0 Å². The van der Waals surface area contributed by atoms with Gasteiger partial charge in [-0.05, 0) is 42.0 Å². The Kier molecular flexibility index (Phi) is 5.17. The average molecular weight is 357 g/mol. The lowest BCUT2D eigenvalue weighted by atomic mass is 10.2. The van der Waals surface area contributed by atoms with Crippen molar-refractivity contribution >= 4 is 17.4 Å². The van der Waals surface area contributed by atoms with E-state index in [0.29, 0.717) is 18.4 Å². The molecule has 132 valence electrons. The first-order valence-electron chi connectivity index (χ1n) is 7.72. The van der Waals surface area contributed by atoms with E-state index in [4.69, 9.17) is 0 Å². The van der Waals surface area contributed by atoms with Crippen LogP contribution in [0.2, 0.25) is 0 Å². The molecule has 0 atom stereocenters. The molecule has 1 amide bonds. The van der Waals surface area contributed by atoms with E-state index in [0.717, 1.165) is 17.7 Å². The molecule has 0 aliphatic carbocycles. The molecule has 0 spiro atoms. The molecule has 1 aromatic heterocycles. The molecule has 0 saturated heterocycles. The van der Waals surface area contributed by atoms with Crippen LogP contribution in [0.5, 0.6) is 0 Å². The molecule has 0 unspecified atom stereocenters. The highest BCUT2D eigenvalue weighted by Crippen LogP contribution is 2.16. The Bertz CT molecular complexity index is 912. The molecule has 2 aromatic carbocycles. The minimum absolute atomic E-state index is 0.116. The van der Waals surface area contributed by atoms with Crippen LogP contribution in [0.1, 0.15) is 15.9 Å². The third kappa shape index (κ3) is 4.38. The van der Waals surface area contributed by atoms with Gasteiger partial charge in [0.25, 0.3) is 5.91 Å². The van der Waals surface area contributed by atoms with Crippen molar-refractivity contribution in [1.29, 1.82) is 0 Å². The Morgan fingerprint density at radius 3 is 2.31 bits per heavy atom. The van der Waals surface area contributed by atoms with E-state index in [1.54, 1.807) is 18.2 Å². The number of hydrogen-bond donors (Lipinski definition) is 2. The number of pyridine rings is 1. The Hall–Kier alpha value is -3.35. The van der Waals surface area contributed by atoms with Gasteiger partial charge in [-0.25, -0.2) is 18.2 Å². The Labute approximate surface area is 147 Å². The molecule has 3 aromatic rings. The monoisotopic (exact) mass is 357 g/mol. The minimum Gasteiger partial charge on any atom is -0.366 e. The highest BCUT2D eigenvalue weighted by Gasteiger charge is 2.10. The lowest BCUT2D eigenvalue weighted by Crippen LogP contribution is -2.13. The molecule has 1 heterocycles. The van der Waals surface area contributed by atoms with Crippen molar-refractivity contribution < 1.29 is 18.0 Å². The summed E-state index contributed by atoms with van der Waals surface area (Å²) in [6.07, 6.45) is 1.34. The summed E-state index contributed by atoms with van der Waals surface area (Å²) in [5.74, 6) is -1.92.